The minimum absolute atomic E-state index is 0.160. The molecule has 0 aliphatic carbocycles. The molecule has 1 fully saturated rings. The Balaban J connectivity index is 1.54. The van der Waals surface area contributed by atoms with Crippen LogP contribution < -0.4 is 14.8 Å². The van der Waals surface area contributed by atoms with Crippen LogP contribution >= 0.6 is 23.2 Å². The molecule has 0 atom stereocenters. The molecule has 3 rings (SSSR count). The summed E-state index contributed by atoms with van der Waals surface area (Å²) in [7, 11) is 1.67. The molecule has 0 spiro atoms. The Kier molecular flexibility index (Phi) is 7.81. The van der Waals surface area contributed by atoms with Crippen molar-refractivity contribution in [3.8, 4) is 11.5 Å². The van der Waals surface area contributed by atoms with Gasteiger partial charge in [0.15, 0.2) is 11.5 Å². The summed E-state index contributed by atoms with van der Waals surface area (Å²) < 4.78 is 11.4. The lowest BCUT2D eigenvalue weighted by molar-refractivity contribution is 0.210. The Morgan fingerprint density at radius 2 is 1.90 bits per heavy atom. The summed E-state index contributed by atoms with van der Waals surface area (Å²) >= 11 is 11.8. The van der Waals surface area contributed by atoms with E-state index < -0.39 is 0 Å². The number of ether oxygens (including phenoxy) is 2. The van der Waals surface area contributed by atoms with Crippen LogP contribution in [0.1, 0.15) is 32.3 Å². The van der Waals surface area contributed by atoms with E-state index in [0.29, 0.717) is 29.5 Å². The highest BCUT2D eigenvalue weighted by Gasteiger charge is 2.20. The van der Waals surface area contributed by atoms with Crippen LogP contribution in [0.15, 0.2) is 24.3 Å². The number of hydrogen-bond acceptors (Lipinski definition) is 6. The van der Waals surface area contributed by atoms with Gasteiger partial charge in [-0.2, -0.15) is 0 Å². The highest BCUT2D eigenvalue weighted by atomic mass is 35.5. The van der Waals surface area contributed by atoms with Crippen molar-refractivity contribution in [2.24, 2.45) is 5.92 Å². The predicted molar refractivity (Wildman–Crippen MR) is 117 cm³/mol. The van der Waals surface area contributed by atoms with Gasteiger partial charge >= 0.3 is 0 Å². The van der Waals surface area contributed by atoms with Crippen LogP contribution in [0.25, 0.3) is 0 Å². The fourth-order valence-electron chi connectivity index (χ4n) is 3.36. The lowest BCUT2D eigenvalue weighted by Crippen LogP contribution is -2.38. The van der Waals surface area contributed by atoms with Gasteiger partial charge in [-0.05, 0) is 48.1 Å². The first-order chi connectivity index (χ1) is 13.9. The third-order valence-corrected chi connectivity index (χ3v) is 5.18. The minimum Gasteiger partial charge on any atom is -0.493 e. The molecule has 29 heavy (non-hydrogen) atoms. The van der Waals surface area contributed by atoms with Gasteiger partial charge in [-0.15, -0.1) is 0 Å². The number of aromatic nitrogens is 2. The number of methoxy groups -OCH3 is 1. The zero-order chi connectivity index (χ0) is 20.8. The maximum absolute atomic E-state index is 5.95. The molecule has 0 bridgehead atoms. The van der Waals surface area contributed by atoms with Crippen LogP contribution in [0.2, 0.25) is 10.4 Å². The van der Waals surface area contributed by atoms with Crippen molar-refractivity contribution < 1.29 is 9.47 Å². The molecule has 2 heterocycles. The topological polar surface area (TPSA) is 59.5 Å². The Hall–Kier alpha value is -1.76. The maximum atomic E-state index is 5.95. The average Bonchev–Trinajstić information content (AvgIpc) is 2.67. The second-order valence-corrected chi connectivity index (χ2v) is 8.46. The Morgan fingerprint density at radius 1 is 1.14 bits per heavy atom. The fourth-order valence-corrected chi connectivity index (χ4v) is 3.76. The van der Waals surface area contributed by atoms with E-state index in [1.807, 2.05) is 6.07 Å². The molecule has 1 aromatic heterocycles. The normalized spacial score (nSPS) is 15.5. The first-order valence-corrected chi connectivity index (χ1v) is 10.7. The third-order valence-electron chi connectivity index (χ3n) is 4.81. The van der Waals surface area contributed by atoms with Crippen molar-refractivity contribution in [1.29, 1.82) is 0 Å². The summed E-state index contributed by atoms with van der Waals surface area (Å²) in [6, 6.07) is 8.24. The van der Waals surface area contributed by atoms with Crippen LogP contribution in [0.5, 0.6) is 11.5 Å². The summed E-state index contributed by atoms with van der Waals surface area (Å²) in [6.45, 7) is 7.83. The quantitative estimate of drug-likeness (QED) is 0.466. The van der Waals surface area contributed by atoms with Crippen molar-refractivity contribution in [3.63, 3.8) is 0 Å². The van der Waals surface area contributed by atoms with Gasteiger partial charge in [0.05, 0.1) is 13.7 Å². The van der Waals surface area contributed by atoms with Crippen LogP contribution in [0.3, 0.4) is 0 Å². The van der Waals surface area contributed by atoms with Crippen molar-refractivity contribution in [2.45, 2.75) is 39.3 Å². The van der Waals surface area contributed by atoms with E-state index in [0.717, 1.165) is 44.0 Å². The number of nitrogens with zero attached hydrogens (tertiary/aromatic N) is 3. The van der Waals surface area contributed by atoms with E-state index in [1.165, 1.54) is 5.56 Å². The van der Waals surface area contributed by atoms with Crippen molar-refractivity contribution in [3.05, 3.63) is 40.3 Å². The highest BCUT2D eigenvalue weighted by molar-refractivity contribution is 6.32. The lowest BCUT2D eigenvalue weighted by atomic mass is 10.0. The van der Waals surface area contributed by atoms with Crippen molar-refractivity contribution in [1.82, 2.24) is 14.9 Å². The number of anilines is 1. The van der Waals surface area contributed by atoms with Gasteiger partial charge < -0.3 is 14.8 Å². The summed E-state index contributed by atoms with van der Waals surface area (Å²) in [5, 5.41) is 3.92. The number of likely N-dealkylation sites (tertiary alicyclic amines) is 1. The molecule has 0 radical (unpaired) electrons. The maximum Gasteiger partial charge on any atom is 0.225 e. The largest absolute Gasteiger partial charge is 0.493 e. The summed E-state index contributed by atoms with van der Waals surface area (Å²) in [6.07, 6.45) is 2.04. The zero-order valence-corrected chi connectivity index (χ0v) is 18.6. The molecule has 0 unspecified atom stereocenters. The van der Waals surface area contributed by atoms with E-state index in [4.69, 9.17) is 32.7 Å². The average molecular weight is 439 g/mol. The standard InChI is InChI=1S/C21H28Cl2N4O2/c1-14(2)13-29-18-10-15(4-5-17(18)28-3)12-27-8-6-16(7-9-27)24-20-11-19(22)25-21(23)26-20/h4-5,10-11,14,16H,6-9,12-13H2,1-3H3,(H,24,25,26). The third kappa shape index (κ3) is 6.63. The summed E-state index contributed by atoms with van der Waals surface area (Å²) in [5.41, 5.74) is 1.23. The number of rotatable bonds is 8. The van der Waals surface area contributed by atoms with Crippen LogP contribution in [-0.2, 0) is 6.54 Å². The number of piperidine rings is 1. The second-order valence-electron chi connectivity index (χ2n) is 7.73. The molecule has 1 aliphatic rings. The predicted octanol–water partition coefficient (Wildman–Crippen LogP) is 4.90. The van der Waals surface area contributed by atoms with E-state index in [1.54, 1.807) is 13.2 Å². The Labute approximate surface area is 182 Å². The van der Waals surface area contributed by atoms with Gasteiger partial charge in [-0.3, -0.25) is 4.90 Å². The monoisotopic (exact) mass is 438 g/mol. The SMILES string of the molecule is COc1ccc(CN2CCC(Nc3cc(Cl)nc(Cl)n3)CC2)cc1OCC(C)C. The van der Waals surface area contributed by atoms with Gasteiger partial charge in [0.2, 0.25) is 5.28 Å². The Bertz CT molecular complexity index is 791. The molecule has 0 amide bonds. The number of halogens is 2. The molecule has 1 aliphatic heterocycles. The van der Waals surface area contributed by atoms with E-state index in [-0.39, 0.29) is 5.28 Å². The number of nitrogens with one attached hydrogen (secondary N) is 1. The van der Waals surface area contributed by atoms with E-state index in [9.17, 15) is 0 Å². The van der Waals surface area contributed by atoms with Gasteiger partial charge in [0.1, 0.15) is 11.0 Å². The van der Waals surface area contributed by atoms with Gasteiger partial charge in [0, 0.05) is 31.7 Å². The molecule has 1 N–H and O–H groups in total. The van der Waals surface area contributed by atoms with E-state index in [2.05, 4.69) is 46.2 Å². The molecule has 6 nitrogen and oxygen atoms in total. The van der Waals surface area contributed by atoms with Gasteiger partial charge in [0.25, 0.3) is 0 Å². The van der Waals surface area contributed by atoms with E-state index >= 15 is 0 Å². The summed E-state index contributed by atoms with van der Waals surface area (Å²) in [4.78, 5) is 10.5. The lowest BCUT2D eigenvalue weighted by Gasteiger charge is -2.32. The zero-order valence-electron chi connectivity index (χ0n) is 17.1. The fraction of sp³-hybridized carbons (Fsp3) is 0.524. The van der Waals surface area contributed by atoms with Crippen molar-refractivity contribution >= 4 is 29.0 Å². The highest BCUT2D eigenvalue weighted by Crippen LogP contribution is 2.29. The van der Waals surface area contributed by atoms with Crippen LogP contribution in [0.4, 0.5) is 5.82 Å². The molecule has 0 saturated carbocycles. The first-order valence-electron chi connectivity index (χ1n) is 9.91. The molecular weight excluding hydrogens is 411 g/mol. The van der Waals surface area contributed by atoms with Crippen LogP contribution in [0, 0.1) is 5.92 Å². The van der Waals surface area contributed by atoms with Gasteiger partial charge in [-0.1, -0.05) is 31.5 Å². The molecule has 2 aromatic rings. The van der Waals surface area contributed by atoms with Crippen molar-refractivity contribution in [2.75, 3.05) is 32.1 Å². The summed E-state index contributed by atoms with van der Waals surface area (Å²) in [5.74, 6) is 2.73. The molecule has 1 saturated heterocycles. The Morgan fingerprint density at radius 3 is 2.55 bits per heavy atom. The smallest absolute Gasteiger partial charge is 0.225 e. The first kappa shape index (κ1) is 21.9. The number of hydrogen-bond donors (Lipinski definition) is 1. The van der Waals surface area contributed by atoms with Crippen LogP contribution in [-0.4, -0.2) is 47.7 Å². The molecule has 8 heteroatoms. The minimum atomic E-state index is 0.160. The van der Waals surface area contributed by atoms with Gasteiger partial charge in [-0.25, -0.2) is 9.97 Å². The molecule has 158 valence electrons. The molecular formula is C21H28Cl2N4O2. The number of benzene rings is 1. The second kappa shape index (κ2) is 10.3. The molecule has 1 aromatic carbocycles.